The number of hydrogen-bond donors (Lipinski definition) is 2. The summed E-state index contributed by atoms with van der Waals surface area (Å²) in [7, 11) is 1.60. The van der Waals surface area contributed by atoms with Crippen LogP contribution in [0.4, 0.5) is 0 Å². The molecule has 0 aromatic heterocycles. The molecule has 1 rings (SSSR count). The van der Waals surface area contributed by atoms with E-state index in [0.717, 1.165) is 31.6 Å². The summed E-state index contributed by atoms with van der Waals surface area (Å²) in [4.78, 5) is 13.5. The van der Waals surface area contributed by atoms with Gasteiger partial charge in [-0.05, 0) is 0 Å². The Morgan fingerprint density at radius 1 is 1.56 bits per heavy atom. The van der Waals surface area contributed by atoms with Gasteiger partial charge in [0.1, 0.15) is 0 Å². The topological polar surface area (TPSA) is 74.2 Å². The molecule has 0 spiro atoms. The average molecular weight is 229 g/mol. The molecule has 16 heavy (non-hydrogen) atoms. The van der Waals surface area contributed by atoms with Gasteiger partial charge in [-0.2, -0.15) is 0 Å². The molecule has 0 bridgehead atoms. The first-order chi connectivity index (χ1) is 7.76. The van der Waals surface area contributed by atoms with Crippen LogP contribution in [0.25, 0.3) is 0 Å². The van der Waals surface area contributed by atoms with E-state index in [1.54, 1.807) is 7.11 Å². The molecule has 1 aliphatic heterocycles. The smallest absolute Gasteiger partial charge is 0.234 e. The minimum atomic E-state index is 0.0152. The van der Waals surface area contributed by atoms with Crippen LogP contribution in [0.3, 0.4) is 0 Å². The fraction of sp³-hybridized carbons (Fsp3) is 0.800. The zero-order valence-corrected chi connectivity index (χ0v) is 9.61. The Hall–Kier alpha value is -1.14. The van der Waals surface area contributed by atoms with E-state index in [-0.39, 0.29) is 5.91 Å². The quantitative estimate of drug-likeness (QED) is 0.385. The number of likely N-dealkylation sites (tertiary alicyclic amines) is 1. The molecule has 1 fully saturated rings. The summed E-state index contributed by atoms with van der Waals surface area (Å²) < 4.78 is 4.84. The fourth-order valence-electron chi connectivity index (χ4n) is 1.62. The van der Waals surface area contributed by atoms with Crippen molar-refractivity contribution < 1.29 is 14.7 Å². The van der Waals surface area contributed by atoms with E-state index in [1.165, 1.54) is 0 Å². The highest BCUT2D eigenvalue weighted by Crippen LogP contribution is 2.06. The van der Waals surface area contributed by atoms with E-state index in [2.05, 4.69) is 15.4 Å². The molecule has 1 saturated heterocycles. The molecule has 0 saturated carbocycles. The number of ether oxygens (including phenoxy) is 1. The van der Waals surface area contributed by atoms with Crippen LogP contribution < -0.4 is 5.32 Å². The van der Waals surface area contributed by atoms with Crippen LogP contribution >= 0.6 is 0 Å². The lowest BCUT2D eigenvalue weighted by molar-refractivity contribution is -0.122. The van der Waals surface area contributed by atoms with Crippen molar-refractivity contribution in [2.24, 2.45) is 5.16 Å². The lowest BCUT2D eigenvalue weighted by Gasteiger charge is -2.26. The van der Waals surface area contributed by atoms with Gasteiger partial charge in [-0.15, -0.1) is 0 Å². The van der Waals surface area contributed by atoms with Gasteiger partial charge in [0.2, 0.25) is 5.91 Å². The molecule has 6 nitrogen and oxygen atoms in total. The highest BCUT2D eigenvalue weighted by atomic mass is 16.5. The second-order valence-corrected chi connectivity index (χ2v) is 3.79. The van der Waals surface area contributed by atoms with Crippen molar-refractivity contribution in [1.29, 1.82) is 0 Å². The number of rotatable bonds is 5. The van der Waals surface area contributed by atoms with Crippen molar-refractivity contribution in [3.05, 3.63) is 0 Å². The Labute approximate surface area is 95.2 Å². The number of nitrogens with zero attached hydrogens (tertiary/aromatic N) is 2. The molecule has 6 heteroatoms. The third-order valence-corrected chi connectivity index (χ3v) is 2.57. The Balaban J connectivity index is 2.15. The number of nitrogens with one attached hydrogen (secondary N) is 1. The normalized spacial score (nSPS) is 17.2. The van der Waals surface area contributed by atoms with Crippen molar-refractivity contribution >= 4 is 11.6 Å². The second kappa shape index (κ2) is 7.19. The maximum absolute atomic E-state index is 11.4. The molecule has 1 aliphatic rings. The van der Waals surface area contributed by atoms with Crippen LogP contribution in [0.1, 0.15) is 12.8 Å². The summed E-state index contributed by atoms with van der Waals surface area (Å²) in [5, 5.41) is 14.5. The van der Waals surface area contributed by atoms with Gasteiger partial charge in [0.25, 0.3) is 0 Å². The van der Waals surface area contributed by atoms with Gasteiger partial charge in [-0.25, -0.2) is 0 Å². The zero-order chi connectivity index (χ0) is 11.8. The third-order valence-electron chi connectivity index (χ3n) is 2.57. The molecule has 0 atom stereocenters. The van der Waals surface area contributed by atoms with Gasteiger partial charge >= 0.3 is 0 Å². The standard InChI is InChI=1S/C10H19N3O3/c1-16-7-4-11-10(14)8-13-5-2-9(12-15)3-6-13/h15H,2-8H2,1H3,(H,11,14). The van der Waals surface area contributed by atoms with Crippen molar-refractivity contribution in [2.45, 2.75) is 12.8 Å². The first-order valence-electron chi connectivity index (χ1n) is 5.44. The minimum absolute atomic E-state index is 0.0152. The maximum Gasteiger partial charge on any atom is 0.234 e. The Kier molecular flexibility index (Phi) is 5.81. The minimum Gasteiger partial charge on any atom is -0.411 e. The number of methoxy groups -OCH3 is 1. The first kappa shape index (κ1) is 12.9. The summed E-state index contributed by atoms with van der Waals surface area (Å²) in [5.41, 5.74) is 0.816. The van der Waals surface area contributed by atoms with Crippen LogP contribution in [0.2, 0.25) is 0 Å². The molecule has 0 unspecified atom stereocenters. The summed E-state index contributed by atoms with van der Waals surface area (Å²) in [6, 6.07) is 0. The van der Waals surface area contributed by atoms with E-state index >= 15 is 0 Å². The number of carbonyl (C=O) groups is 1. The molecular formula is C10H19N3O3. The Morgan fingerprint density at radius 2 is 2.25 bits per heavy atom. The van der Waals surface area contributed by atoms with Gasteiger partial charge in [-0.1, -0.05) is 5.16 Å². The number of piperidine rings is 1. The van der Waals surface area contributed by atoms with E-state index in [1.807, 2.05) is 0 Å². The molecular weight excluding hydrogens is 210 g/mol. The first-order valence-corrected chi connectivity index (χ1v) is 5.44. The molecule has 2 N–H and O–H groups in total. The lowest BCUT2D eigenvalue weighted by Crippen LogP contribution is -2.42. The second-order valence-electron chi connectivity index (χ2n) is 3.79. The molecule has 0 aliphatic carbocycles. The predicted octanol–water partition coefficient (Wildman–Crippen LogP) is -0.325. The molecule has 0 radical (unpaired) electrons. The van der Waals surface area contributed by atoms with Crippen LogP contribution in [-0.4, -0.2) is 61.6 Å². The Bertz CT molecular complexity index is 246. The van der Waals surface area contributed by atoms with Crippen molar-refractivity contribution in [2.75, 3.05) is 39.9 Å². The van der Waals surface area contributed by atoms with Crippen molar-refractivity contribution in [3.8, 4) is 0 Å². The van der Waals surface area contributed by atoms with E-state index in [0.29, 0.717) is 19.7 Å². The van der Waals surface area contributed by atoms with E-state index in [9.17, 15) is 4.79 Å². The van der Waals surface area contributed by atoms with Crippen LogP contribution in [0.15, 0.2) is 5.16 Å². The zero-order valence-electron chi connectivity index (χ0n) is 9.61. The Morgan fingerprint density at radius 3 is 2.81 bits per heavy atom. The predicted molar refractivity (Wildman–Crippen MR) is 59.8 cm³/mol. The largest absolute Gasteiger partial charge is 0.411 e. The highest BCUT2D eigenvalue weighted by Gasteiger charge is 2.17. The van der Waals surface area contributed by atoms with Gasteiger partial charge in [0, 0.05) is 39.6 Å². The maximum atomic E-state index is 11.4. The van der Waals surface area contributed by atoms with Crippen LogP contribution in [0.5, 0.6) is 0 Å². The molecule has 0 aromatic rings. The molecule has 0 aromatic carbocycles. The van der Waals surface area contributed by atoms with Crippen molar-refractivity contribution in [1.82, 2.24) is 10.2 Å². The van der Waals surface area contributed by atoms with Crippen LogP contribution in [-0.2, 0) is 9.53 Å². The number of oxime groups is 1. The summed E-state index contributed by atoms with van der Waals surface area (Å²) in [6.45, 7) is 3.04. The third kappa shape index (κ3) is 4.59. The SMILES string of the molecule is COCCNC(=O)CN1CCC(=NO)CC1. The molecule has 1 heterocycles. The number of amides is 1. The number of carbonyl (C=O) groups excluding carboxylic acids is 1. The average Bonchev–Trinajstić information content (AvgIpc) is 2.30. The van der Waals surface area contributed by atoms with Gasteiger partial charge in [-0.3, -0.25) is 9.69 Å². The van der Waals surface area contributed by atoms with E-state index < -0.39 is 0 Å². The molecule has 1 amide bonds. The lowest BCUT2D eigenvalue weighted by atomic mass is 10.1. The van der Waals surface area contributed by atoms with Gasteiger partial charge < -0.3 is 15.3 Å². The van der Waals surface area contributed by atoms with E-state index in [4.69, 9.17) is 9.94 Å². The fourth-order valence-corrected chi connectivity index (χ4v) is 1.62. The summed E-state index contributed by atoms with van der Waals surface area (Å²) in [5.74, 6) is 0.0152. The van der Waals surface area contributed by atoms with Crippen LogP contribution in [0, 0.1) is 0 Å². The summed E-state index contributed by atoms with van der Waals surface area (Å²) in [6.07, 6.45) is 1.48. The highest BCUT2D eigenvalue weighted by molar-refractivity contribution is 5.85. The summed E-state index contributed by atoms with van der Waals surface area (Å²) >= 11 is 0. The van der Waals surface area contributed by atoms with Gasteiger partial charge in [0.05, 0.1) is 18.9 Å². The molecule has 92 valence electrons. The number of hydrogen-bond acceptors (Lipinski definition) is 5. The van der Waals surface area contributed by atoms with Gasteiger partial charge in [0.15, 0.2) is 0 Å². The van der Waals surface area contributed by atoms with Crippen molar-refractivity contribution in [3.63, 3.8) is 0 Å². The monoisotopic (exact) mass is 229 g/mol.